The van der Waals surface area contributed by atoms with Crippen molar-refractivity contribution in [3.05, 3.63) is 27.0 Å². The van der Waals surface area contributed by atoms with Crippen LogP contribution in [0.4, 0.5) is 0 Å². The Morgan fingerprint density at radius 2 is 1.93 bits per heavy atom. The molecule has 28 heavy (non-hydrogen) atoms. The molecule has 3 rings (SSSR count). The van der Waals surface area contributed by atoms with Crippen LogP contribution in [-0.2, 0) is 5.41 Å². The molecule has 0 unspecified atom stereocenters. The molecular weight excluding hydrogens is 370 g/mol. The molecule has 2 aliphatic rings. The first-order valence-corrected chi connectivity index (χ1v) is 11.5. The van der Waals surface area contributed by atoms with Crippen LogP contribution in [-0.4, -0.2) is 47.3 Å². The van der Waals surface area contributed by atoms with Crippen LogP contribution in [0.1, 0.15) is 79.9 Å². The van der Waals surface area contributed by atoms with Gasteiger partial charge in [0.05, 0.1) is 6.61 Å². The first kappa shape index (κ1) is 21.5. The van der Waals surface area contributed by atoms with Crippen LogP contribution in [0.3, 0.4) is 0 Å². The number of hydrogen-bond acceptors (Lipinski definition) is 4. The highest BCUT2D eigenvalue weighted by atomic mass is 32.1. The Hall–Kier alpha value is -1.17. The van der Waals surface area contributed by atoms with E-state index in [0.29, 0.717) is 17.3 Å². The van der Waals surface area contributed by atoms with E-state index in [0.717, 1.165) is 35.9 Å². The van der Waals surface area contributed by atoms with E-state index in [1.165, 1.54) is 48.2 Å². The largest absolute Gasteiger partial charge is 0.477 e. The van der Waals surface area contributed by atoms with Gasteiger partial charge in [0.25, 0.3) is 0 Å². The van der Waals surface area contributed by atoms with Gasteiger partial charge in [-0.3, -0.25) is 4.90 Å². The van der Waals surface area contributed by atoms with Gasteiger partial charge in [-0.05, 0) is 48.2 Å². The van der Waals surface area contributed by atoms with Crippen LogP contribution in [0.15, 0.2) is 11.6 Å². The molecule has 1 aliphatic carbocycles. The average Bonchev–Trinajstić information content (AvgIpc) is 3.09. The molecule has 0 amide bonds. The molecule has 0 radical (unpaired) electrons. The monoisotopic (exact) mass is 405 g/mol. The van der Waals surface area contributed by atoms with Gasteiger partial charge < -0.3 is 10.2 Å². The minimum Gasteiger partial charge on any atom is -0.477 e. The second-order valence-electron chi connectivity index (χ2n) is 9.62. The molecule has 0 bridgehead atoms. The fraction of sp³-hybridized carbons (Fsp3) is 0.696. The number of aromatic carboxylic acids is 1. The summed E-state index contributed by atoms with van der Waals surface area (Å²) in [7, 11) is 0. The lowest BCUT2D eigenvalue weighted by Gasteiger charge is -2.36. The first-order valence-electron chi connectivity index (χ1n) is 10.6. The molecule has 2 heterocycles. The van der Waals surface area contributed by atoms with Gasteiger partial charge in [-0.1, -0.05) is 46.1 Å². The third kappa shape index (κ3) is 4.69. The molecule has 0 atom stereocenters. The van der Waals surface area contributed by atoms with Crippen molar-refractivity contribution < 1.29 is 15.0 Å². The highest BCUT2D eigenvalue weighted by Crippen LogP contribution is 2.43. The van der Waals surface area contributed by atoms with Gasteiger partial charge in [-0.25, -0.2) is 4.79 Å². The third-order valence-corrected chi connectivity index (χ3v) is 7.93. The van der Waals surface area contributed by atoms with Gasteiger partial charge in [0, 0.05) is 30.1 Å². The number of carbonyl (C=O) groups is 1. The van der Waals surface area contributed by atoms with Crippen LogP contribution in [0.5, 0.6) is 0 Å². The molecule has 156 valence electrons. The summed E-state index contributed by atoms with van der Waals surface area (Å²) in [5.41, 5.74) is 3.58. The maximum atomic E-state index is 12.1. The molecule has 0 spiro atoms. The number of nitrogens with zero attached hydrogens (tertiary/aromatic N) is 1. The van der Waals surface area contributed by atoms with Crippen LogP contribution in [0.25, 0.3) is 5.57 Å². The minimum atomic E-state index is -0.820. The molecule has 4 nitrogen and oxygen atoms in total. The lowest BCUT2D eigenvalue weighted by molar-refractivity contribution is 0.0701. The number of β-amino-alcohol motifs (C(OH)–C–C–N with tert-alkyl or cyclic N) is 1. The van der Waals surface area contributed by atoms with E-state index in [1.807, 2.05) is 0 Å². The summed E-state index contributed by atoms with van der Waals surface area (Å²) in [6.07, 6.45) is 5.97. The average molecular weight is 406 g/mol. The smallest absolute Gasteiger partial charge is 0.346 e. The number of carboxylic acids is 1. The Labute approximate surface area is 173 Å². The predicted octanol–water partition coefficient (Wildman–Crippen LogP) is 5.02. The van der Waals surface area contributed by atoms with Gasteiger partial charge in [0.1, 0.15) is 4.88 Å². The summed E-state index contributed by atoms with van der Waals surface area (Å²) in [6.45, 7) is 11.3. The van der Waals surface area contributed by atoms with Crippen molar-refractivity contribution >= 4 is 22.9 Å². The quantitative estimate of drug-likeness (QED) is 0.722. The molecule has 1 aliphatic heterocycles. The maximum Gasteiger partial charge on any atom is 0.346 e. The fourth-order valence-corrected chi connectivity index (χ4v) is 5.71. The third-order valence-electron chi connectivity index (χ3n) is 6.38. The Morgan fingerprint density at radius 1 is 1.25 bits per heavy atom. The number of rotatable bonds is 5. The lowest BCUT2D eigenvalue weighted by Crippen LogP contribution is -2.35. The number of hydrogen-bond donors (Lipinski definition) is 2. The van der Waals surface area contributed by atoms with E-state index >= 15 is 0 Å². The van der Waals surface area contributed by atoms with Crippen LogP contribution >= 0.6 is 11.3 Å². The number of thiophene rings is 1. The molecule has 1 aromatic rings. The Balaban J connectivity index is 2.06. The molecule has 5 heteroatoms. The SMILES string of the molecule is CC1CCC(C2=C(c3cc(C(C)(C)C)sc3C(=O)O)CN(CCO)CC2)CC1. The van der Waals surface area contributed by atoms with Crippen LogP contribution in [0, 0.1) is 11.8 Å². The van der Waals surface area contributed by atoms with Gasteiger partial charge >= 0.3 is 5.97 Å². The van der Waals surface area contributed by atoms with Gasteiger partial charge in [0.15, 0.2) is 0 Å². The molecule has 0 aromatic carbocycles. The highest BCUT2D eigenvalue weighted by Gasteiger charge is 2.32. The summed E-state index contributed by atoms with van der Waals surface area (Å²) in [4.78, 5) is 15.9. The summed E-state index contributed by atoms with van der Waals surface area (Å²) >= 11 is 1.43. The van der Waals surface area contributed by atoms with Crippen molar-refractivity contribution in [1.82, 2.24) is 4.90 Å². The summed E-state index contributed by atoms with van der Waals surface area (Å²) in [5, 5.41) is 19.3. The molecule has 2 N–H and O–H groups in total. The standard InChI is InChI=1S/C23H35NO3S/c1-15-5-7-16(8-6-15)17-9-10-24(11-12-25)14-19(17)18-13-20(23(2,3)4)28-21(18)22(26)27/h13,15-16,25H,5-12,14H2,1-4H3,(H,26,27). The Kier molecular flexibility index (Phi) is 6.68. The minimum absolute atomic E-state index is 0.0619. The van der Waals surface area contributed by atoms with E-state index in [2.05, 4.69) is 38.7 Å². The van der Waals surface area contributed by atoms with E-state index in [4.69, 9.17) is 0 Å². The molecule has 0 saturated heterocycles. The van der Waals surface area contributed by atoms with Crippen LogP contribution in [0.2, 0.25) is 0 Å². The summed E-state index contributed by atoms with van der Waals surface area (Å²) in [5.74, 6) is 0.569. The van der Waals surface area contributed by atoms with E-state index < -0.39 is 5.97 Å². The van der Waals surface area contributed by atoms with Crippen molar-refractivity contribution in [2.75, 3.05) is 26.2 Å². The molecule has 1 aromatic heterocycles. The first-order chi connectivity index (χ1) is 13.2. The zero-order chi connectivity index (χ0) is 20.5. The van der Waals surface area contributed by atoms with Crippen molar-refractivity contribution in [1.29, 1.82) is 0 Å². The predicted molar refractivity (Wildman–Crippen MR) is 116 cm³/mol. The fourth-order valence-electron chi connectivity index (χ4n) is 4.63. The number of aliphatic hydroxyl groups is 1. The Bertz CT molecular complexity index is 736. The van der Waals surface area contributed by atoms with Gasteiger partial charge in [-0.15, -0.1) is 11.3 Å². The van der Waals surface area contributed by atoms with Crippen molar-refractivity contribution in [2.45, 2.75) is 65.2 Å². The zero-order valence-electron chi connectivity index (χ0n) is 17.8. The molecule has 1 fully saturated rings. The van der Waals surface area contributed by atoms with Crippen molar-refractivity contribution in [3.8, 4) is 0 Å². The number of aliphatic hydroxyl groups excluding tert-OH is 1. The molecule has 1 saturated carbocycles. The van der Waals surface area contributed by atoms with Crippen LogP contribution < -0.4 is 0 Å². The Morgan fingerprint density at radius 3 is 2.50 bits per heavy atom. The zero-order valence-corrected chi connectivity index (χ0v) is 18.6. The van der Waals surface area contributed by atoms with E-state index in [-0.39, 0.29) is 12.0 Å². The molecular formula is C23H35NO3S. The van der Waals surface area contributed by atoms with E-state index in [1.54, 1.807) is 0 Å². The van der Waals surface area contributed by atoms with Crippen molar-refractivity contribution in [3.63, 3.8) is 0 Å². The van der Waals surface area contributed by atoms with Gasteiger partial charge in [-0.2, -0.15) is 0 Å². The van der Waals surface area contributed by atoms with E-state index in [9.17, 15) is 15.0 Å². The lowest BCUT2D eigenvalue weighted by atomic mass is 9.75. The van der Waals surface area contributed by atoms with Gasteiger partial charge in [0.2, 0.25) is 0 Å². The maximum absolute atomic E-state index is 12.1. The second kappa shape index (κ2) is 8.68. The second-order valence-corrected chi connectivity index (χ2v) is 10.7. The number of carboxylic acid groups (broad SMARTS) is 1. The summed E-state index contributed by atoms with van der Waals surface area (Å²) < 4.78 is 0. The topological polar surface area (TPSA) is 60.8 Å². The van der Waals surface area contributed by atoms with Crippen molar-refractivity contribution in [2.24, 2.45) is 11.8 Å². The highest BCUT2D eigenvalue weighted by molar-refractivity contribution is 7.14. The summed E-state index contributed by atoms with van der Waals surface area (Å²) in [6, 6.07) is 2.14. The normalized spacial score (nSPS) is 24.6.